The van der Waals surface area contributed by atoms with Crippen molar-refractivity contribution in [3.63, 3.8) is 0 Å². The Kier molecular flexibility index (Phi) is 5.81. The molecule has 1 aliphatic heterocycles. The third-order valence-electron chi connectivity index (χ3n) is 4.87. The molecule has 1 aromatic heterocycles. The minimum absolute atomic E-state index is 0.126. The molecule has 1 aromatic carbocycles. The number of likely N-dealkylation sites (tertiary alicyclic amines) is 1. The number of likely N-dealkylation sites (N-methyl/N-ethyl adjacent to an activating group) is 1. The molecule has 1 aliphatic rings. The van der Waals surface area contributed by atoms with E-state index in [0.717, 1.165) is 19.6 Å². The van der Waals surface area contributed by atoms with Gasteiger partial charge in [0.15, 0.2) is 5.82 Å². The molecule has 134 valence electrons. The molecule has 6 nitrogen and oxygen atoms in total. The summed E-state index contributed by atoms with van der Waals surface area (Å²) in [6.07, 6.45) is 5.07. The summed E-state index contributed by atoms with van der Waals surface area (Å²) in [5, 5.41) is 0.506. The van der Waals surface area contributed by atoms with Crippen LogP contribution < -0.4 is 5.56 Å². The minimum atomic E-state index is -0.266. The number of fused-ring (bicyclic) bond motifs is 1. The fourth-order valence-electron chi connectivity index (χ4n) is 3.36. The Bertz CT molecular complexity index is 778. The van der Waals surface area contributed by atoms with Crippen LogP contribution >= 0.6 is 0 Å². The molecule has 0 radical (unpaired) electrons. The monoisotopic (exact) mass is 342 g/mol. The first-order valence-electron chi connectivity index (χ1n) is 9.19. The van der Waals surface area contributed by atoms with Crippen molar-refractivity contribution in [2.75, 3.05) is 32.7 Å². The van der Waals surface area contributed by atoms with E-state index in [1.165, 1.54) is 25.7 Å². The number of amides is 1. The molecular weight excluding hydrogens is 316 g/mol. The molecule has 6 heteroatoms. The summed E-state index contributed by atoms with van der Waals surface area (Å²) in [6.45, 7) is 6.31. The SMILES string of the molecule is CCN(CCN1CCCCCC1)C(=O)c1nc2ccccc2c(=O)[nH]1. The molecule has 1 saturated heterocycles. The Morgan fingerprint density at radius 2 is 1.92 bits per heavy atom. The van der Waals surface area contributed by atoms with Gasteiger partial charge in [0.2, 0.25) is 0 Å². The van der Waals surface area contributed by atoms with Crippen molar-refractivity contribution in [1.29, 1.82) is 0 Å². The van der Waals surface area contributed by atoms with Crippen molar-refractivity contribution < 1.29 is 4.79 Å². The van der Waals surface area contributed by atoms with Gasteiger partial charge in [0.1, 0.15) is 0 Å². The van der Waals surface area contributed by atoms with Crippen LogP contribution in [0.3, 0.4) is 0 Å². The summed E-state index contributed by atoms with van der Waals surface area (Å²) < 4.78 is 0. The number of nitrogens with zero attached hydrogens (tertiary/aromatic N) is 3. The summed E-state index contributed by atoms with van der Waals surface area (Å²) in [5.41, 5.74) is 0.288. The number of aromatic nitrogens is 2. The highest BCUT2D eigenvalue weighted by Gasteiger charge is 2.19. The molecule has 2 heterocycles. The molecule has 0 spiro atoms. The average molecular weight is 342 g/mol. The molecule has 0 atom stereocenters. The lowest BCUT2D eigenvalue weighted by Gasteiger charge is -2.25. The van der Waals surface area contributed by atoms with Crippen LogP contribution in [-0.4, -0.2) is 58.4 Å². The maximum atomic E-state index is 12.8. The molecule has 0 bridgehead atoms. The first-order valence-corrected chi connectivity index (χ1v) is 9.19. The Labute approximate surface area is 147 Å². The number of hydrogen-bond acceptors (Lipinski definition) is 4. The van der Waals surface area contributed by atoms with E-state index >= 15 is 0 Å². The van der Waals surface area contributed by atoms with Crippen molar-refractivity contribution in [3.05, 3.63) is 40.4 Å². The molecule has 0 saturated carbocycles. The fourth-order valence-corrected chi connectivity index (χ4v) is 3.36. The zero-order valence-electron chi connectivity index (χ0n) is 14.8. The van der Waals surface area contributed by atoms with E-state index in [1.807, 2.05) is 13.0 Å². The third-order valence-corrected chi connectivity index (χ3v) is 4.87. The van der Waals surface area contributed by atoms with Crippen molar-refractivity contribution in [2.45, 2.75) is 32.6 Å². The van der Waals surface area contributed by atoms with Gasteiger partial charge in [-0.25, -0.2) is 4.98 Å². The number of aromatic amines is 1. The van der Waals surface area contributed by atoms with E-state index in [1.54, 1.807) is 23.1 Å². The lowest BCUT2D eigenvalue weighted by molar-refractivity contribution is 0.0733. The van der Waals surface area contributed by atoms with Crippen LogP contribution in [0.5, 0.6) is 0 Å². The standard InChI is InChI=1S/C19H26N4O2/c1-2-23(14-13-22-11-7-3-4-8-12-22)19(25)17-20-16-10-6-5-9-15(16)18(24)21-17/h5-6,9-10H,2-4,7-8,11-14H2,1H3,(H,20,21,24). The summed E-state index contributed by atoms with van der Waals surface area (Å²) >= 11 is 0. The highest BCUT2D eigenvalue weighted by molar-refractivity contribution is 5.92. The molecule has 25 heavy (non-hydrogen) atoms. The van der Waals surface area contributed by atoms with Crippen molar-refractivity contribution in [1.82, 2.24) is 19.8 Å². The number of hydrogen-bond donors (Lipinski definition) is 1. The Morgan fingerprint density at radius 3 is 2.64 bits per heavy atom. The van der Waals surface area contributed by atoms with Crippen LogP contribution in [0.2, 0.25) is 0 Å². The summed E-state index contributed by atoms with van der Waals surface area (Å²) in [4.78, 5) is 36.2. The number of carbonyl (C=O) groups is 1. The molecule has 1 amide bonds. The zero-order chi connectivity index (χ0) is 17.6. The number of benzene rings is 1. The second-order valence-corrected chi connectivity index (χ2v) is 6.57. The van der Waals surface area contributed by atoms with Crippen molar-refractivity contribution in [2.24, 2.45) is 0 Å². The Morgan fingerprint density at radius 1 is 1.20 bits per heavy atom. The van der Waals surface area contributed by atoms with Gasteiger partial charge in [-0.15, -0.1) is 0 Å². The normalized spacial score (nSPS) is 15.9. The Balaban J connectivity index is 1.72. The number of H-pyrrole nitrogens is 1. The minimum Gasteiger partial charge on any atom is -0.335 e. The van der Waals surface area contributed by atoms with Gasteiger partial charge in [-0.05, 0) is 45.0 Å². The van der Waals surface area contributed by atoms with Gasteiger partial charge in [-0.1, -0.05) is 25.0 Å². The lowest BCUT2D eigenvalue weighted by atomic mass is 10.2. The average Bonchev–Trinajstić information content (AvgIpc) is 2.91. The van der Waals surface area contributed by atoms with Gasteiger partial charge in [0.25, 0.3) is 11.5 Å². The summed E-state index contributed by atoms with van der Waals surface area (Å²) in [5.74, 6) is -0.0819. The lowest BCUT2D eigenvalue weighted by Crippen LogP contribution is -2.40. The first kappa shape index (κ1) is 17.6. The second kappa shape index (κ2) is 8.25. The highest BCUT2D eigenvalue weighted by atomic mass is 16.2. The number of nitrogens with one attached hydrogen (secondary N) is 1. The molecular formula is C19H26N4O2. The largest absolute Gasteiger partial charge is 0.335 e. The van der Waals surface area contributed by atoms with Crippen LogP contribution in [0.15, 0.2) is 29.1 Å². The zero-order valence-corrected chi connectivity index (χ0v) is 14.8. The van der Waals surface area contributed by atoms with Gasteiger partial charge in [0.05, 0.1) is 10.9 Å². The van der Waals surface area contributed by atoms with Gasteiger partial charge in [-0.2, -0.15) is 0 Å². The van der Waals surface area contributed by atoms with E-state index in [-0.39, 0.29) is 17.3 Å². The molecule has 1 N–H and O–H groups in total. The third kappa shape index (κ3) is 4.25. The van der Waals surface area contributed by atoms with Crippen LogP contribution in [0.25, 0.3) is 10.9 Å². The summed E-state index contributed by atoms with van der Waals surface area (Å²) in [6, 6.07) is 7.08. The van der Waals surface area contributed by atoms with E-state index in [4.69, 9.17) is 0 Å². The number of carbonyl (C=O) groups excluding carboxylic acids is 1. The maximum absolute atomic E-state index is 12.8. The van der Waals surface area contributed by atoms with Crippen LogP contribution in [0.4, 0.5) is 0 Å². The van der Waals surface area contributed by atoms with E-state index in [9.17, 15) is 9.59 Å². The van der Waals surface area contributed by atoms with Gasteiger partial charge < -0.3 is 14.8 Å². The quantitative estimate of drug-likeness (QED) is 0.905. The van der Waals surface area contributed by atoms with E-state index in [0.29, 0.717) is 24.0 Å². The van der Waals surface area contributed by atoms with Gasteiger partial charge in [-0.3, -0.25) is 9.59 Å². The smallest absolute Gasteiger partial charge is 0.289 e. The maximum Gasteiger partial charge on any atom is 0.289 e. The number of rotatable bonds is 5. The van der Waals surface area contributed by atoms with Crippen molar-refractivity contribution >= 4 is 16.8 Å². The fraction of sp³-hybridized carbons (Fsp3) is 0.526. The van der Waals surface area contributed by atoms with Crippen LogP contribution in [0, 0.1) is 0 Å². The molecule has 2 aromatic rings. The predicted molar refractivity (Wildman–Crippen MR) is 98.8 cm³/mol. The topological polar surface area (TPSA) is 69.3 Å². The van der Waals surface area contributed by atoms with Crippen molar-refractivity contribution in [3.8, 4) is 0 Å². The van der Waals surface area contributed by atoms with Crippen LogP contribution in [-0.2, 0) is 0 Å². The summed E-state index contributed by atoms with van der Waals surface area (Å²) in [7, 11) is 0. The van der Waals surface area contributed by atoms with Gasteiger partial charge >= 0.3 is 0 Å². The highest BCUT2D eigenvalue weighted by Crippen LogP contribution is 2.10. The van der Waals surface area contributed by atoms with Gasteiger partial charge in [0, 0.05) is 19.6 Å². The van der Waals surface area contributed by atoms with Crippen LogP contribution in [0.1, 0.15) is 43.2 Å². The number of para-hydroxylation sites is 1. The van der Waals surface area contributed by atoms with E-state index < -0.39 is 0 Å². The molecule has 0 aliphatic carbocycles. The van der Waals surface area contributed by atoms with E-state index in [2.05, 4.69) is 14.9 Å². The molecule has 3 rings (SSSR count). The molecule has 0 unspecified atom stereocenters. The first-order chi connectivity index (χ1) is 12.2. The predicted octanol–water partition coefficient (Wildman–Crippen LogP) is 2.26. The molecule has 1 fully saturated rings. The Hall–Kier alpha value is -2.21. The second-order valence-electron chi connectivity index (χ2n) is 6.57.